The highest BCUT2D eigenvalue weighted by Crippen LogP contribution is 2.39. The van der Waals surface area contributed by atoms with Gasteiger partial charge < -0.3 is 10.6 Å². The first-order valence-corrected chi connectivity index (χ1v) is 7.07. The summed E-state index contributed by atoms with van der Waals surface area (Å²) in [5, 5.41) is 5.47. The molecule has 1 aliphatic carbocycles. The largest absolute Gasteiger partial charge is 0.393 e. The number of benzene rings is 1. The molecule has 2 rings (SSSR count). The topological polar surface area (TPSA) is 41.1 Å². The first-order chi connectivity index (χ1) is 9.91. The van der Waals surface area contributed by atoms with Gasteiger partial charge in [-0.1, -0.05) is 12.8 Å². The zero-order valence-corrected chi connectivity index (χ0v) is 11.8. The maximum atomic E-state index is 13.0. The van der Waals surface area contributed by atoms with E-state index in [0.29, 0.717) is 24.1 Å². The van der Waals surface area contributed by atoms with Crippen LogP contribution in [0.15, 0.2) is 24.3 Å². The summed E-state index contributed by atoms with van der Waals surface area (Å²) in [6, 6.07) is 5.91. The molecule has 1 amide bonds. The highest BCUT2D eigenvalue weighted by atomic mass is 19.4. The number of carbonyl (C=O) groups excluding carboxylic acids is 1. The lowest BCUT2D eigenvalue weighted by Gasteiger charge is -2.34. The highest BCUT2D eigenvalue weighted by molar-refractivity contribution is 5.94. The molecule has 1 aromatic rings. The fourth-order valence-corrected chi connectivity index (χ4v) is 2.77. The molecule has 2 atom stereocenters. The zero-order chi connectivity index (χ0) is 15.5. The number of hydrogen-bond acceptors (Lipinski definition) is 2. The summed E-state index contributed by atoms with van der Waals surface area (Å²) in [7, 11) is 1.53. The molecule has 21 heavy (non-hydrogen) atoms. The third kappa shape index (κ3) is 3.89. The molecular formula is C15H19F3N2O. The van der Waals surface area contributed by atoms with E-state index in [4.69, 9.17) is 0 Å². The van der Waals surface area contributed by atoms with Crippen molar-refractivity contribution < 1.29 is 18.0 Å². The number of hydrogen-bond donors (Lipinski definition) is 2. The van der Waals surface area contributed by atoms with Gasteiger partial charge >= 0.3 is 6.18 Å². The third-order valence-corrected chi connectivity index (χ3v) is 3.91. The molecule has 1 fully saturated rings. The molecule has 0 spiro atoms. The number of alkyl halides is 3. The van der Waals surface area contributed by atoms with Gasteiger partial charge in [0.1, 0.15) is 0 Å². The van der Waals surface area contributed by atoms with Crippen molar-refractivity contribution in [1.29, 1.82) is 0 Å². The molecule has 0 aromatic heterocycles. The molecule has 0 saturated heterocycles. The van der Waals surface area contributed by atoms with E-state index in [0.717, 1.165) is 6.42 Å². The van der Waals surface area contributed by atoms with Crippen molar-refractivity contribution in [3.63, 3.8) is 0 Å². The van der Waals surface area contributed by atoms with Crippen molar-refractivity contribution in [3.05, 3.63) is 29.8 Å². The summed E-state index contributed by atoms with van der Waals surface area (Å²) < 4.78 is 39.1. The molecule has 1 aromatic carbocycles. The van der Waals surface area contributed by atoms with Crippen LogP contribution < -0.4 is 10.6 Å². The minimum atomic E-state index is -4.17. The number of nitrogens with one attached hydrogen (secondary N) is 2. The number of halogens is 3. The summed E-state index contributed by atoms with van der Waals surface area (Å²) >= 11 is 0. The molecule has 0 radical (unpaired) electrons. The number of amides is 1. The van der Waals surface area contributed by atoms with Crippen LogP contribution in [-0.4, -0.2) is 25.2 Å². The predicted molar refractivity (Wildman–Crippen MR) is 75.3 cm³/mol. The summed E-state index contributed by atoms with van der Waals surface area (Å²) in [5.41, 5.74) is 1.10. The molecule has 0 heterocycles. The Balaban J connectivity index is 2.07. The van der Waals surface area contributed by atoms with Crippen LogP contribution in [0.1, 0.15) is 36.0 Å². The fourth-order valence-electron chi connectivity index (χ4n) is 2.77. The van der Waals surface area contributed by atoms with Crippen LogP contribution in [0, 0.1) is 5.92 Å². The molecule has 0 aliphatic heterocycles. The van der Waals surface area contributed by atoms with E-state index in [2.05, 4.69) is 10.6 Å². The molecule has 2 unspecified atom stereocenters. The van der Waals surface area contributed by atoms with Crippen LogP contribution in [0.5, 0.6) is 0 Å². The van der Waals surface area contributed by atoms with E-state index >= 15 is 0 Å². The Bertz CT molecular complexity index is 485. The summed E-state index contributed by atoms with van der Waals surface area (Å²) in [4.78, 5) is 11.4. The highest BCUT2D eigenvalue weighted by Gasteiger charge is 2.45. The van der Waals surface area contributed by atoms with Gasteiger partial charge in [0.05, 0.1) is 5.92 Å². The van der Waals surface area contributed by atoms with Crippen molar-refractivity contribution in [2.24, 2.45) is 5.92 Å². The molecule has 116 valence electrons. The van der Waals surface area contributed by atoms with E-state index in [1.807, 2.05) is 0 Å². The van der Waals surface area contributed by atoms with Gasteiger partial charge in [0.15, 0.2) is 0 Å². The maximum Gasteiger partial charge on any atom is 0.393 e. The van der Waals surface area contributed by atoms with Crippen molar-refractivity contribution in [1.82, 2.24) is 5.32 Å². The lowest BCUT2D eigenvalue weighted by Crippen LogP contribution is -2.41. The Morgan fingerprint density at radius 3 is 2.33 bits per heavy atom. The number of rotatable bonds is 3. The Morgan fingerprint density at radius 2 is 1.76 bits per heavy atom. The van der Waals surface area contributed by atoms with Crippen LogP contribution in [-0.2, 0) is 0 Å². The standard InChI is InChI=1S/C15H19F3N2O/c1-19-14(21)10-6-8-11(9-7-10)20-13-5-3-2-4-12(13)15(16,17)18/h6-9,12-13,20H,2-5H2,1H3,(H,19,21). The molecule has 0 bridgehead atoms. The molecule has 1 aliphatic rings. The first-order valence-electron chi connectivity index (χ1n) is 7.07. The van der Waals surface area contributed by atoms with E-state index in [1.54, 1.807) is 24.3 Å². The zero-order valence-electron chi connectivity index (χ0n) is 11.8. The molecular weight excluding hydrogens is 281 g/mol. The normalized spacial score (nSPS) is 22.7. The van der Waals surface area contributed by atoms with Gasteiger partial charge in [0.25, 0.3) is 5.91 Å². The van der Waals surface area contributed by atoms with Gasteiger partial charge in [-0.2, -0.15) is 13.2 Å². The van der Waals surface area contributed by atoms with Gasteiger partial charge in [-0.25, -0.2) is 0 Å². The van der Waals surface area contributed by atoms with E-state index in [9.17, 15) is 18.0 Å². The van der Waals surface area contributed by atoms with Crippen molar-refractivity contribution in [2.45, 2.75) is 37.9 Å². The van der Waals surface area contributed by atoms with Gasteiger partial charge in [-0.15, -0.1) is 0 Å². The van der Waals surface area contributed by atoms with Crippen LogP contribution in [0.3, 0.4) is 0 Å². The van der Waals surface area contributed by atoms with Crippen LogP contribution in [0.25, 0.3) is 0 Å². The van der Waals surface area contributed by atoms with E-state index in [-0.39, 0.29) is 12.3 Å². The summed E-state index contributed by atoms with van der Waals surface area (Å²) in [6.07, 6.45) is -2.04. The van der Waals surface area contributed by atoms with Gasteiger partial charge in [-0.05, 0) is 37.1 Å². The fraction of sp³-hybridized carbons (Fsp3) is 0.533. The Morgan fingerprint density at radius 1 is 1.14 bits per heavy atom. The lowest BCUT2D eigenvalue weighted by molar-refractivity contribution is -0.184. The second-order valence-corrected chi connectivity index (χ2v) is 5.34. The molecule has 6 heteroatoms. The molecule has 2 N–H and O–H groups in total. The van der Waals surface area contributed by atoms with E-state index in [1.165, 1.54) is 7.05 Å². The third-order valence-electron chi connectivity index (χ3n) is 3.91. The van der Waals surface area contributed by atoms with Gasteiger partial charge in [0.2, 0.25) is 0 Å². The minimum absolute atomic E-state index is 0.178. The van der Waals surface area contributed by atoms with Crippen molar-refractivity contribution in [3.8, 4) is 0 Å². The summed E-state index contributed by atoms with van der Waals surface area (Å²) in [6.45, 7) is 0. The van der Waals surface area contributed by atoms with Gasteiger partial charge in [-0.3, -0.25) is 4.79 Å². The Labute approximate surface area is 121 Å². The average molecular weight is 300 g/mol. The van der Waals surface area contributed by atoms with Crippen LogP contribution in [0.2, 0.25) is 0 Å². The molecule has 3 nitrogen and oxygen atoms in total. The van der Waals surface area contributed by atoms with Crippen molar-refractivity contribution in [2.75, 3.05) is 12.4 Å². The lowest BCUT2D eigenvalue weighted by atomic mass is 9.84. The average Bonchev–Trinajstić information content (AvgIpc) is 2.47. The second kappa shape index (κ2) is 6.37. The molecule has 1 saturated carbocycles. The monoisotopic (exact) mass is 300 g/mol. The minimum Gasteiger partial charge on any atom is -0.382 e. The number of anilines is 1. The van der Waals surface area contributed by atoms with E-state index < -0.39 is 18.1 Å². The predicted octanol–water partition coefficient (Wildman–Crippen LogP) is 3.58. The van der Waals surface area contributed by atoms with Crippen LogP contribution in [0.4, 0.5) is 18.9 Å². The smallest absolute Gasteiger partial charge is 0.382 e. The Kier molecular flexibility index (Phi) is 4.75. The first kappa shape index (κ1) is 15.7. The SMILES string of the molecule is CNC(=O)c1ccc(NC2CCCCC2C(F)(F)F)cc1. The van der Waals surface area contributed by atoms with Gasteiger partial charge in [0, 0.05) is 24.3 Å². The quantitative estimate of drug-likeness (QED) is 0.896. The van der Waals surface area contributed by atoms with Crippen LogP contribution >= 0.6 is 0 Å². The number of carbonyl (C=O) groups is 1. The second-order valence-electron chi connectivity index (χ2n) is 5.34. The summed E-state index contributed by atoms with van der Waals surface area (Å²) in [5.74, 6) is -1.52. The Hall–Kier alpha value is -1.72. The maximum absolute atomic E-state index is 13.0. The van der Waals surface area contributed by atoms with Crippen molar-refractivity contribution >= 4 is 11.6 Å².